The Bertz CT molecular complexity index is 599. The molecule has 104 valence electrons. The van der Waals surface area contributed by atoms with Gasteiger partial charge in [0.2, 0.25) is 5.91 Å². The van der Waals surface area contributed by atoms with Gasteiger partial charge < -0.3 is 9.84 Å². The van der Waals surface area contributed by atoms with Gasteiger partial charge >= 0.3 is 0 Å². The van der Waals surface area contributed by atoms with Crippen LogP contribution in [0.1, 0.15) is 34.9 Å². The first kappa shape index (κ1) is 12.9. The molecule has 1 aromatic carbocycles. The van der Waals surface area contributed by atoms with Crippen LogP contribution < -0.4 is 5.32 Å². The number of aromatic nitrogens is 1. The van der Waals surface area contributed by atoms with E-state index in [0.29, 0.717) is 12.5 Å². The molecule has 1 amide bonds. The van der Waals surface area contributed by atoms with E-state index in [1.807, 2.05) is 32.0 Å². The minimum absolute atomic E-state index is 0.109. The Morgan fingerprint density at radius 1 is 1.35 bits per heavy atom. The second kappa shape index (κ2) is 5.12. The molecule has 1 heterocycles. The fourth-order valence-electron chi connectivity index (χ4n) is 2.61. The maximum atomic E-state index is 12.1. The minimum Gasteiger partial charge on any atom is -0.361 e. The molecule has 1 N–H and O–H groups in total. The van der Waals surface area contributed by atoms with Crippen molar-refractivity contribution >= 4 is 5.91 Å². The summed E-state index contributed by atoms with van der Waals surface area (Å²) in [5, 5.41) is 6.88. The molecule has 2 aromatic rings. The quantitative estimate of drug-likeness (QED) is 0.929. The predicted molar refractivity (Wildman–Crippen MR) is 75.1 cm³/mol. The maximum absolute atomic E-state index is 12.1. The van der Waals surface area contributed by atoms with Gasteiger partial charge in [0.05, 0.1) is 5.69 Å². The molecule has 2 atom stereocenters. The summed E-state index contributed by atoms with van der Waals surface area (Å²) in [4.78, 5) is 12.1. The molecule has 3 rings (SSSR count). The molecule has 4 nitrogen and oxygen atoms in total. The van der Waals surface area contributed by atoms with Crippen LogP contribution >= 0.6 is 0 Å². The second-order valence-electron chi connectivity index (χ2n) is 5.38. The first-order valence-corrected chi connectivity index (χ1v) is 6.91. The highest BCUT2D eigenvalue weighted by atomic mass is 16.5. The predicted octanol–water partition coefficient (Wildman–Crippen LogP) is 2.71. The van der Waals surface area contributed by atoms with Gasteiger partial charge in [0.15, 0.2) is 0 Å². The van der Waals surface area contributed by atoms with Crippen molar-refractivity contribution < 1.29 is 9.32 Å². The highest BCUT2D eigenvalue weighted by Gasteiger charge is 2.43. The summed E-state index contributed by atoms with van der Waals surface area (Å²) < 4.78 is 5.09. The lowest BCUT2D eigenvalue weighted by Crippen LogP contribution is -2.25. The lowest BCUT2D eigenvalue weighted by atomic mass is 10.1. The summed E-state index contributed by atoms with van der Waals surface area (Å²) in [6.07, 6.45) is 0.942. The number of benzene rings is 1. The van der Waals surface area contributed by atoms with Crippen molar-refractivity contribution in [1.29, 1.82) is 0 Å². The molecule has 0 saturated heterocycles. The van der Waals surface area contributed by atoms with Crippen LogP contribution in [0.25, 0.3) is 0 Å². The molecule has 0 bridgehead atoms. The Morgan fingerprint density at radius 2 is 2.10 bits per heavy atom. The monoisotopic (exact) mass is 270 g/mol. The van der Waals surface area contributed by atoms with Crippen molar-refractivity contribution in [3.05, 3.63) is 52.9 Å². The van der Waals surface area contributed by atoms with Crippen LogP contribution in [0.5, 0.6) is 0 Å². The Hall–Kier alpha value is -2.10. The van der Waals surface area contributed by atoms with E-state index in [4.69, 9.17) is 4.52 Å². The molecule has 0 radical (unpaired) electrons. The SMILES string of the molecule is Cc1noc(C)c1CNC(=O)[C@H]1C[C@H]1c1ccccc1. The first-order chi connectivity index (χ1) is 9.66. The first-order valence-electron chi connectivity index (χ1n) is 6.91. The van der Waals surface area contributed by atoms with Gasteiger partial charge in [0.25, 0.3) is 0 Å². The summed E-state index contributed by atoms with van der Waals surface area (Å²) in [7, 11) is 0. The Morgan fingerprint density at radius 3 is 2.75 bits per heavy atom. The third-order valence-electron chi connectivity index (χ3n) is 3.98. The Labute approximate surface area is 118 Å². The summed E-state index contributed by atoms with van der Waals surface area (Å²) in [6.45, 7) is 4.26. The molecule has 1 aromatic heterocycles. The lowest BCUT2D eigenvalue weighted by molar-refractivity contribution is -0.122. The molecule has 1 aliphatic carbocycles. The van der Waals surface area contributed by atoms with E-state index in [9.17, 15) is 4.79 Å². The van der Waals surface area contributed by atoms with Crippen molar-refractivity contribution in [3.8, 4) is 0 Å². The van der Waals surface area contributed by atoms with Crippen LogP contribution in [0, 0.1) is 19.8 Å². The number of rotatable bonds is 4. The van der Waals surface area contributed by atoms with E-state index in [1.54, 1.807) is 0 Å². The van der Waals surface area contributed by atoms with Crippen molar-refractivity contribution in [2.24, 2.45) is 5.92 Å². The molecule has 1 aliphatic rings. The number of nitrogens with one attached hydrogen (secondary N) is 1. The summed E-state index contributed by atoms with van der Waals surface area (Å²) in [6, 6.07) is 10.2. The van der Waals surface area contributed by atoms with E-state index in [1.165, 1.54) is 5.56 Å². The molecular formula is C16H18N2O2. The van der Waals surface area contributed by atoms with Crippen LogP contribution in [0.3, 0.4) is 0 Å². The highest BCUT2D eigenvalue weighted by Crippen LogP contribution is 2.47. The molecule has 1 fully saturated rings. The van der Waals surface area contributed by atoms with E-state index >= 15 is 0 Å². The van der Waals surface area contributed by atoms with Gasteiger partial charge in [-0.15, -0.1) is 0 Å². The number of carbonyl (C=O) groups excluding carboxylic acids is 1. The molecule has 20 heavy (non-hydrogen) atoms. The Balaban J connectivity index is 1.57. The number of aryl methyl sites for hydroxylation is 2. The molecule has 4 heteroatoms. The third kappa shape index (κ3) is 2.46. The number of hydrogen-bond acceptors (Lipinski definition) is 3. The van der Waals surface area contributed by atoms with Gasteiger partial charge in [0.1, 0.15) is 5.76 Å². The maximum Gasteiger partial charge on any atom is 0.224 e. The minimum atomic E-state index is 0.109. The van der Waals surface area contributed by atoms with Gasteiger partial charge in [-0.3, -0.25) is 4.79 Å². The van der Waals surface area contributed by atoms with Crippen molar-refractivity contribution in [3.63, 3.8) is 0 Å². The van der Waals surface area contributed by atoms with Crippen molar-refractivity contribution in [1.82, 2.24) is 10.5 Å². The van der Waals surface area contributed by atoms with Crippen molar-refractivity contribution in [2.45, 2.75) is 32.7 Å². The molecule has 0 aliphatic heterocycles. The van der Waals surface area contributed by atoms with Crippen LogP contribution in [0.15, 0.2) is 34.9 Å². The zero-order chi connectivity index (χ0) is 14.1. The van der Waals surface area contributed by atoms with Crippen LogP contribution in [-0.2, 0) is 11.3 Å². The summed E-state index contributed by atoms with van der Waals surface area (Å²) >= 11 is 0. The molecule has 1 saturated carbocycles. The fourth-order valence-corrected chi connectivity index (χ4v) is 2.61. The lowest BCUT2D eigenvalue weighted by Gasteiger charge is -2.04. The summed E-state index contributed by atoms with van der Waals surface area (Å²) in [5.41, 5.74) is 3.08. The van der Waals surface area contributed by atoms with E-state index in [2.05, 4.69) is 22.6 Å². The third-order valence-corrected chi connectivity index (χ3v) is 3.98. The van der Waals surface area contributed by atoms with Crippen LogP contribution in [0.4, 0.5) is 0 Å². The van der Waals surface area contributed by atoms with Crippen LogP contribution in [-0.4, -0.2) is 11.1 Å². The number of amides is 1. The fraction of sp³-hybridized carbons (Fsp3) is 0.375. The molecular weight excluding hydrogens is 252 g/mol. The average Bonchev–Trinajstić information content (AvgIpc) is 3.20. The molecule has 0 unspecified atom stereocenters. The van der Waals surface area contributed by atoms with Crippen molar-refractivity contribution in [2.75, 3.05) is 0 Å². The number of carbonyl (C=O) groups is 1. The van der Waals surface area contributed by atoms with Gasteiger partial charge in [-0.1, -0.05) is 35.5 Å². The topological polar surface area (TPSA) is 55.1 Å². The van der Waals surface area contributed by atoms with E-state index in [0.717, 1.165) is 23.4 Å². The average molecular weight is 270 g/mol. The van der Waals surface area contributed by atoms with E-state index < -0.39 is 0 Å². The number of hydrogen-bond donors (Lipinski definition) is 1. The largest absolute Gasteiger partial charge is 0.361 e. The second-order valence-corrected chi connectivity index (χ2v) is 5.38. The zero-order valence-electron chi connectivity index (χ0n) is 11.7. The van der Waals surface area contributed by atoms with Gasteiger partial charge in [-0.2, -0.15) is 0 Å². The molecule has 0 spiro atoms. The van der Waals surface area contributed by atoms with E-state index in [-0.39, 0.29) is 11.8 Å². The Kier molecular flexibility index (Phi) is 3.30. The summed E-state index contributed by atoms with van der Waals surface area (Å²) in [5.74, 6) is 1.39. The number of nitrogens with zero attached hydrogens (tertiary/aromatic N) is 1. The highest BCUT2D eigenvalue weighted by molar-refractivity contribution is 5.82. The standard InChI is InChI=1S/C16H18N2O2/c1-10-15(11(2)20-18-10)9-17-16(19)14-8-13(14)12-6-4-3-5-7-12/h3-7,13-14H,8-9H2,1-2H3,(H,17,19)/t13-,14-/m0/s1. The van der Waals surface area contributed by atoms with Gasteiger partial charge in [-0.05, 0) is 31.7 Å². The van der Waals surface area contributed by atoms with Gasteiger partial charge in [0, 0.05) is 18.0 Å². The smallest absolute Gasteiger partial charge is 0.224 e. The zero-order valence-corrected chi connectivity index (χ0v) is 11.7. The normalized spacial score (nSPS) is 20.7. The van der Waals surface area contributed by atoms with Gasteiger partial charge in [-0.25, -0.2) is 0 Å². The van der Waals surface area contributed by atoms with Crippen LogP contribution in [0.2, 0.25) is 0 Å².